The molecule has 0 saturated carbocycles. The molecule has 0 saturated heterocycles. The van der Waals surface area contributed by atoms with Crippen LogP contribution in [0.25, 0.3) is 0 Å². The van der Waals surface area contributed by atoms with Crippen molar-refractivity contribution in [2.24, 2.45) is 5.73 Å². The van der Waals surface area contributed by atoms with E-state index < -0.39 is 0 Å². The van der Waals surface area contributed by atoms with Gasteiger partial charge in [0.05, 0.1) is 5.01 Å². The molecule has 0 aromatic carbocycles. The van der Waals surface area contributed by atoms with E-state index >= 15 is 0 Å². The maximum Gasteiger partial charge on any atom is 0.315 e. The Kier molecular flexibility index (Phi) is 3.84. The van der Waals surface area contributed by atoms with E-state index in [0.717, 1.165) is 18.0 Å². The van der Waals surface area contributed by atoms with Crippen molar-refractivity contribution in [3.8, 4) is 0 Å². The van der Waals surface area contributed by atoms with Crippen LogP contribution in [-0.2, 0) is 12.8 Å². The minimum Gasteiger partial charge on any atom is -0.408 e. The summed E-state index contributed by atoms with van der Waals surface area (Å²) in [6.45, 7) is 1.25. The van der Waals surface area contributed by atoms with Crippen LogP contribution in [0.5, 0.6) is 0 Å². The number of hydrogen-bond acceptors (Lipinski definition) is 7. The second kappa shape index (κ2) is 5.57. The lowest BCUT2D eigenvalue weighted by atomic mass is 10.4. The van der Waals surface area contributed by atoms with Crippen molar-refractivity contribution in [1.29, 1.82) is 0 Å². The molecule has 7 heteroatoms. The van der Waals surface area contributed by atoms with E-state index in [1.54, 1.807) is 17.5 Å². The summed E-state index contributed by atoms with van der Waals surface area (Å²) in [6.07, 6.45) is 3.26. The molecule has 0 amide bonds. The summed E-state index contributed by atoms with van der Waals surface area (Å²) in [5.41, 5.74) is 5.38. The van der Waals surface area contributed by atoms with Gasteiger partial charge in [-0.15, -0.1) is 16.4 Å². The van der Waals surface area contributed by atoms with E-state index in [-0.39, 0.29) is 0 Å². The Balaban J connectivity index is 1.76. The van der Waals surface area contributed by atoms with E-state index in [2.05, 4.69) is 20.5 Å². The molecule has 0 radical (unpaired) electrons. The van der Waals surface area contributed by atoms with Crippen molar-refractivity contribution in [3.63, 3.8) is 0 Å². The zero-order valence-electron chi connectivity index (χ0n) is 8.72. The third-order valence-corrected chi connectivity index (χ3v) is 2.76. The highest BCUT2D eigenvalue weighted by Crippen LogP contribution is 2.07. The van der Waals surface area contributed by atoms with Gasteiger partial charge in [0.2, 0.25) is 5.89 Å². The van der Waals surface area contributed by atoms with Gasteiger partial charge in [-0.3, -0.25) is 0 Å². The predicted molar refractivity (Wildman–Crippen MR) is 61.4 cm³/mol. The lowest BCUT2D eigenvalue weighted by Gasteiger charge is -1.97. The minimum absolute atomic E-state index is 0.444. The third kappa shape index (κ3) is 3.01. The van der Waals surface area contributed by atoms with Crippen molar-refractivity contribution >= 4 is 17.4 Å². The van der Waals surface area contributed by atoms with Crippen LogP contribution in [0.3, 0.4) is 0 Å². The standard InChI is InChI=1S/C9H13N5OS/c10-3-1-7-13-14-9(15-7)12-4-2-8-11-5-6-16-8/h5-6H,1-4,10H2,(H,12,14). The summed E-state index contributed by atoms with van der Waals surface area (Å²) in [5.74, 6) is 0.569. The molecule has 0 aliphatic rings. The van der Waals surface area contributed by atoms with Gasteiger partial charge >= 0.3 is 6.01 Å². The highest BCUT2D eigenvalue weighted by Gasteiger charge is 2.04. The first-order valence-corrected chi connectivity index (χ1v) is 5.91. The van der Waals surface area contributed by atoms with Crippen LogP contribution in [0, 0.1) is 0 Å². The Hall–Kier alpha value is -1.47. The molecule has 86 valence electrons. The van der Waals surface area contributed by atoms with E-state index in [4.69, 9.17) is 10.2 Å². The summed E-state index contributed by atoms with van der Waals surface area (Å²) in [5, 5.41) is 13.8. The Morgan fingerprint density at radius 1 is 1.38 bits per heavy atom. The predicted octanol–water partition coefficient (Wildman–Crippen LogP) is 0.682. The molecule has 0 aliphatic carbocycles. The van der Waals surface area contributed by atoms with Crippen LogP contribution >= 0.6 is 11.3 Å². The maximum absolute atomic E-state index is 5.38. The third-order valence-electron chi connectivity index (χ3n) is 1.92. The summed E-state index contributed by atoms with van der Waals surface area (Å²) in [6, 6.07) is 0.444. The molecule has 0 atom stereocenters. The molecular formula is C9H13N5OS. The van der Waals surface area contributed by atoms with Crippen molar-refractivity contribution in [2.75, 3.05) is 18.4 Å². The van der Waals surface area contributed by atoms with Gasteiger partial charge in [0.15, 0.2) is 0 Å². The number of hydrogen-bond donors (Lipinski definition) is 2. The van der Waals surface area contributed by atoms with Crippen LogP contribution < -0.4 is 11.1 Å². The summed E-state index contributed by atoms with van der Waals surface area (Å²) in [4.78, 5) is 4.18. The van der Waals surface area contributed by atoms with Crippen LogP contribution in [0.4, 0.5) is 6.01 Å². The number of thiazole rings is 1. The van der Waals surface area contributed by atoms with Gasteiger partial charge < -0.3 is 15.5 Å². The van der Waals surface area contributed by atoms with E-state index in [0.29, 0.717) is 24.9 Å². The first kappa shape index (κ1) is 11.0. The van der Waals surface area contributed by atoms with E-state index in [9.17, 15) is 0 Å². The van der Waals surface area contributed by atoms with Crippen LogP contribution in [0.1, 0.15) is 10.9 Å². The topological polar surface area (TPSA) is 89.9 Å². The smallest absolute Gasteiger partial charge is 0.315 e. The van der Waals surface area contributed by atoms with Crippen LogP contribution in [0.15, 0.2) is 16.0 Å². The Labute approximate surface area is 96.9 Å². The average Bonchev–Trinajstić information content (AvgIpc) is 2.90. The van der Waals surface area contributed by atoms with Crippen molar-refractivity contribution in [1.82, 2.24) is 15.2 Å². The average molecular weight is 239 g/mol. The Morgan fingerprint density at radius 3 is 3.06 bits per heavy atom. The Bertz CT molecular complexity index is 413. The van der Waals surface area contributed by atoms with Gasteiger partial charge in [-0.2, -0.15) is 0 Å². The van der Waals surface area contributed by atoms with Crippen molar-refractivity contribution in [2.45, 2.75) is 12.8 Å². The van der Waals surface area contributed by atoms with Crippen molar-refractivity contribution in [3.05, 3.63) is 22.5 Å². The number of nitrogens with zero attached hydrogens (tertiary/aromatic N) is 3. The monoisotopic (exact) mass is 239 g/mol. The Morgan fingerprint density at radius 2 is 2.31 bits per heavy atom. The lowest BCUT2D eigenvalue weighted by Crippen LogP contribution is -2.04. The zero-order valence-corrected chi connectivity index (χ0v) is 9.54. The lowest BCUT2D eigenvalue weighted by molar-refractivity contribution is 0.506. The number of aromatic nitrogens is 3. The largest absolute Gasteiger partial charge is 0.408 e. The molecule has 0 aliphatic heterocycles. The van der Waals surface area contributed by atoms with E-state index in [1.165, 1.54) is 0 Å². The fourth-order valence-electron chi connectivity index (χ4n) is 1.20. The van der Waals surface area contributed by atoms with Gasteiger partial charge in [-0.25, -0.2) is 4.98 Å². The fourth-order valence-corrected chi connectivity index (χ4v) is 1.82. The molecule has 2 heterocycles. The molecule has 0 unspecified atom stereocenters. The van der Waals surface area contributed by atoms with Crippen molar-refractivity contribution < 1.29 is 4.42 Å². The number of nitrogens with one attached hydrogen (secondary N) is 1. The van der Waals surface area contributed by atoms with Gasteiger partial charge in [0.25, 0.3) is 0 Å². The first-order chi connectivity index (χ1) is 7.88. The SMILES string of the molecule is NCCc1nnc(NCCc2nccs2)o1. The number of anilines is 1. The summed E-state index contributed by atoms with van der Waals surface area (Å²) >= 11 is 1.64. The molecule has 0 spiro atoms. The molecule has 0 bridgehead atoms. The van der Waals surface area contributed by atoms with Crippen LogP contribution in [-0.4, -0.2) is 28.3 Å². The highest BCUT2D eigenvalue weighted by molar-refractivity contribution is 7.09. The molecular weight excluding hydrogens is 226 g/mol. The quantitative estimate of drug-likeness (QED) is 0.770. The molecule has 16 heavy (non-hydrogen) atoms. The van der Waals surface area contributed by atoms with Gasteiger partial charge in [-0.05, 0) is 0 Å². The number of nitrogens with two attached hydrogens (primary N) is 1. The molecule has 3 N–H and O–H groups in total. The van der Waals surface area contributed by atoms with Gasteiger partial charge in [0.1, 0.15) is 0 Å². The first-order valence-electron chi connectivity index (χ1n) is 5.03. The zero-order chi connectivity index (χ0) is 11.2. The fraction of sp³-hybridized carbons (Fsp3) is 0.444. The normalized spacial score (nSPS) is 10.6. The minimum atomic E-state index is 0.444. The second-order valence-corrected chi connectivity index (χ2v) is 4.12. The van der Waals surface area contributed by atoms with Gasteiger partial charge in [-0.1, -0.05) is 5.10 Å². The summed E-state index contributed by atoms with van der Waals surface area (Å²) < 4.78 is 5.31. The molecule has 0 fully saturated rings. The number of rotatable bonds is 6. The molecule has 2 aromatic rings. The highest BCUT2D eigenvalue weighted by atomic mass is 32.1. The molecule has 2 rings (SSSR count). The van der Waals surface area contributed by atoms with E-state index in [1.807, 2.05) is 5.38 Å². The second-order valence-electron chi connectivity index (χ2n) is 3.14. The maximum atomic E-state index is 5.38. The molecule has 2 aromatic heterocycles. The summed E-state index contributed by atoms with van der Waals surface area (Å²) in [7, 11) is 0. The van der Waals surface area contributed by atoms with Gasteiger partial charge in [0, 0.05) is 37.5 Å². The molecule has 6 nitrogen and oxygen atoms in total. The van der Waals surface area contributed by atoms with Crippen LogP contribution in [0.2, 0.25) is 0 Å².